The molecule has 0 atom stereocenters. The fourth-order valence-corrected chi connectivity index (χ4v) is 10.7. The van der Waals surface area contributed by atoms with E-state index in [1.807, 2.05) is 12.1 Å². The lowest BCUT2D eigenvalue weighted by atomic mass is 9.81. The SMILES string of the molecule is CC1(C)c2cc3ccccc3cc2-c2c(-c3ccc(-c4cc(-c5ccccc5-c5cc(-c6ccccc6)cc6oc7ccccc7c56)nc(-c5ccccc5)n4)c4ccccc34)cccc21. The molecule has 0 unspecified atom stereocenters. The predicted molar refractivity (Wildman–Crippen MR) is 275 cm³/mol. The van der Waals surface area contributed by atoms with Gasteiger partial charge in [0, 0.05) is 32.9 Å². The zero-order valence-corrected chi connectivity index (χ0v) is 36.6. The van der Waals surface area contributed by atoms with E-state index in [0.29, 0.717) is 5.82 Å². The fraction of sp³-hybridized carbons (Fsp3) is 0.0476. The highest BCUT2D eigenvalue weighted by atomic mass is 16.3. The molecule has 1 aliphatic rings. The van der Waals surface area contributed by atoms with Crippen molar-refractivity contribution in [2.24, 2.45) is 0 Å². The van der Waals surface area contributed by atoms with Crippen LogP contribution in [0, 0.1) is 0 Å². The lowest BCUT2D eigenvalue weighted by Gasteiger charge is -2.22. The number of para-hydroxylation sites is 1. The van der Waals surface area contributed by atoms with Crippen LogP contribution in [-0.2, 0) is 5.41 Å². The predicted octanol–water partition coefficient (Wildman–Crippen LogP) is 17.0. The lowest BCUT2D eigenvalue weighted by Crippen LogP contribution is -2.14. The molecular formula is C63H42N2O. The van der Waals surface area contributed by atoms with Crippen LogP contribution in [0.15, 0.2) is 223 Å². The molecule has 13 rings (SSSR count). The summed E-state index contributed by atoms with van der Waals surface area (Å²) in [4.78, 5) is 10.8. The van der Waals surface area contributed by atoms with E-state index in [-0.39, 0.29) is 5.41 Å². The van der Waals surface area contributed by atoms with Gasteiger partial charge in [0.2, 0.25) is 0 Å². The number of hydrogen-bond donors (Lipinski definition) is 0. The van der Waals surface area contributed by atoms with Gasteiger partial charge in [0.05, 0.1) is 11.4 Å². The summed E-state index contributed by atoms with van der Waals surface area (Å²) in [5, 5.41) is 7.03. The summed E-state index contributed by atoms with van der Waals surface area (Å²) in [6.07, 6.45) is 0. The average molecular weight is 843 g/mol. The van der Waals surface area contributed by atoms with E-state index in [4.69, 9.17) is 14.4 Å². The summed E-state index contributed by atoms with van der Waals surface area (Å²) < 4.78 is 6.60. The van der Waals surface area contributed by atoms with Gasteiger partial charge in [-0.05, 0) is 114 Å². The van der Waals surface area contributed by atoms with E-state index in [9.17, 15) is 0 Å². The second kappa shape index (κ2) is 14.8. The fourth-order valence-electron chi connectivity index (χ4n) is 10.7. The van der Waals surface area contributed by atoms with Crippen LogP contribution < -0.4 is 0 Å². The maximum atomic E-state index is 6.60. The molecule has 0 spiro atoms. The Morgan fingerprint density at radius 2 is 0.939 bits per heavy atom. The summed E-state index contributed by atoms with van der Waals surface area (Å²) in [5.41, 5.74) is 18.6. The molecule has 0 aliphatic heterocycles. The van der Waals surface area contributed by atoms with Gasteiger partial charge in [0.1, 0.15) is 11.2 Å². The van der Waals surface area contributed by atoms with Gasteiger partial charge >= 0.3 is 0 Å². The average Bonchev–Trinajstić information content (AvgIpc) is 3.86. The molecule has 66 heavy (non-hydrogen) atoms. The summed E-state index contributed by atoms with van der Waals surface area (Å²) in [6.45, 7) is 4.74. The van der Waals surface area contributed by atoms with Crippen molar-refractivity contribution in [3.8, 4) is 78.4 Å². The summed E-state index contributed by atoms with van der Waals surface area (Å²) in [7, 11) is 0. The minimum absolute atomic E-state index is 0.138. The molecule has 3 nitrogen and oxygen atoms in total. The summed E-state index contributed by atoms with van der Waals surface area (Å²) in [5.74, 6) is 0.676. The Morgan fingerprint density at radius 3 is 1.71 bits per heavy atom. The molecular weight excluding hydrogens is 801 g/mol. The third kappa shape index (κ3) is 5.97. The zero-order valence-electron chi connectivity index (χ0n) is 36.6. The minimum atomic E-state index is -0.138. The molecule has 3 heteroatoms. The first-order chi connectivity index (χ1) is 32.5. The van der Waals surface area contributed by atoms with Gasteiger partial charge in [-0.2, -0.15) is 0 Å². The van der Waals surface area contributed by atoms with Gasteiger partial charge in [-0.1, -0.05) is 196 Å². The first kappa shape index (κ1) is 38.1. The van der Waals surface area contributed by atoms with Crippen molar-refractivity contribution in [1.82, 2.24) is 9.97 Å². The number of hydrogen-bond acceptors (Lipinski definition) is 3. The van der Waals surface area contributed by atoms with Crippen LogP contribution in [0.4, 0.5) is 0 Å². The molecule has 310 valence electrons. The van der Waals surface area contributed by atoms with E-state index < -0.39 is 0 Å². The number of rotatable bonds is 6. The molecule has 1 aliphatic carbocycles. The van der Waals surface area contributed by atoms with Crippen molar-refractivity contribution in [3.63, 3.8) is 0 Å². The Kier molecular flexibility index (Phi) is 8.56. The molecule has 12 aromatic rings. The van der Waals surface area contributed by atoms with Crippen LogP contribution >= 0.6 is 0 Å². The maximum absolute atomic E-state index is 6.60. The highest BCUT2D eigenvalue weighted by molar-refractivity contribution is 6.15. The molecule has 0 amide bonds. The Hall–Kier alpha value is -8.40. The van der Waals surface area contributed by atoms with Crippen LogP contribution in [0.25, 0.3) is 122 Å². The highest BCUT2D eigenvalue weighted by Gasteiger charge is 2.37. The minimum Gasteiger partial charge on any atom is -0.456 e. The van der Waals surface area contributed by atoms with Gasteiger partial charge in [-0.3, -0.25) is 0 Å². The van der Waals surface area contributed by atoms with E-state index in [2.05, 4.69) is 220 Å². The van der Waals surface area contributed by atoms with Crippen LogP contribution in [0.3, 0.4) is 0 Å². The Morgan fingerprint density at radius 1 is 0.348 bits per heavy atom. The molecule has 2 aromatic heterocycles. The van der Waals surface area contributed by atoms with Gasteiger partial charge in [-0.15, -0.1) is 0 Å². The van der Waals surface area contributed by atoms with Crippen molar-refractivity contribution in [2.45, 2.75) is 19.3 Å². The molecule has 10 aromatic carbocycles. The normalized spacial score (nSPS) is 12.8. The Labute approximate surface area is 383 Å². The van der Waals surface area contributed by atoms with Crippen molar-refractivity contribution in [3.05, 3.63) is 230 Å². The lowest BCUT2D eigenvalue weighted by molar-refractivity contribution is 0.661. The molecule has 0 saturated heterocycles. The van der Waals surface area contributed by atoms with Gasteiger partial charge < -0.3 is 4.42 Å². The smallest absolute Gasteiger partial charge is 0.160 e. The summed E-state index contributed by atoms with van der Waals surface area (Å²) in [6, 6.07) is 78.3. The van der Waals surface area contributed by atoms with E-state index in [1.165, 1.54) is 49.5 Å². The Balaban J connectivity index is 1.02. The van der Waals surface area contributed by atoms with Crippen LogP contribution in [-0.4, -0.2) is 9.97 Å². The van der Waals surface area contributed by atoms with Crippen molar-refractivity contribution < 1.29 is 4.42 Å². The van der Waals surface area contributed by atoms with Crippen molar-refractivity contribution in [2.75, 3.05) is 0 Å². The monoisotopic (exact) mass is 842 g/mol. The third-order valence-electron chi connectivity index (χ3n) is 13.9. The summed E-state index contributed by atoms with van der Waals surface area (Å²) >= 11 is 0. The van der Waals surface area contributed by atoms with Gasteiger partial charge in [0.15, 0.2) is 5.82 Å². The zero-order chi connectivity index (χ0) is 43.9. The number of nitrogens with zero attached hydrogens (tertiary/aromatic N) is 2. The number of fused-ring (bicyclic) bond motifs is 8. The first-order valence-corrected chi connectivity index (χ1v) is 22.7. The quantitative estimate of drug-likeness (QED) is 0.167. The topological polar surface area (TPSA) is 38.9 Å². The first-order valence-electron chi connectivity index (χ1n) is 22.7. The number of furan rings is 1. The molecule has 0 bridgehead atoms. The van der Waals surface area contributed by atoms with Crippen LogP contribution in [0.5, 0.6) is 0 Å². The Bertz CT molecular complexity index is 3900. The molecule has 0 N–H and O–H groups in total. The molecule has 2 heterocycles. The number of aromatic nitrogens is 2. The molecule has 0 fully saturated rings. The highest BCUT2D eigenvalue weighted by Crippen LogP contribution is 2.54. The van der Waals surface area contributed by atoms with Crippen LogP contribution in [0.1, 0.15) is 25.0 Å². The van der Waals surface area contributed by atoms with Gasteiger partial charge in [0.25, 0.3) is 0 Å². The van der Waals surface area contributed by atoms with E-state index >= 15 is 0 Å². The standard InChI is InChI=1S/C63H42N2O/c1-63(2)54-30-17-29-50(60(54)53-34-41-22-9-10-23-42(41)36-55(53)63)47-32-33-49(45-25-12-11-24-44(45)47)57-38-56(64-62(65-57)40-20-7-4-8-21-40)48-27-14-13-26-46(48)52-35-43(39-18-5-3-6-19-39)37-59-61(52)51-28-15-16-31-58(51)66-59/h3-38H,1-2H3. The van der Waals surface area contributed by atoms with E-state index in [1.54, 1.807) is 0 Å². The largest absolute Gasteiger partial charge is 0.456 e. The second-order valence-corrected chi connectivity index (χ2v) is 18.0. The van der Waals surface area contributed by atoms with Gasteiger partial charge in [-0.25, -0.2) is 9.97 Å². The van der Waals surface area contributed by atoms with Crippen molar-refractivity contribution in [1.29, 1.82) is 0 Å². The van der Waals surface area contributed by atoms with Crippen LogP contribution in [0.2, 0.25) is 0 Å². The second-order valence-electron chi connectivity index (χ2n) is 18.0. The third-order valence-corrected chi connectivity index (χ3v) is 13.9. The van der Waals surface area contributed by atoms with Crippen molar-refractivity contribution >= 4 is 43.5 Å². The molecule has 0 radical (unpaired) electrons. The number of benzene rings is 10. The van der Waals surface area contributed by atoms with E-state index in [0.717, 1.165) is 77.7 Å². The maximum Gasteiger partial charge on any atom is 0.160 e. The molecule has 0 saturated carbocycles.